The molecule has 8 heteroatoms. The number of pyridine rings is 1. The van der Waals surface area contributed by atoms with Gasteiger partial charge in [-0.3, -0.25) is 4.90 Å². The third-order valence-electron chi connectivity index (χ3n) is 5.21. The van der Waals surface area contributed by atoms with E-state index in [1.807, 2.05) is 12.1 Å². The number of methoxy groups -OCH3 is 1. The van der Waals surface area contributed by atoms with Crippen LogP contribution >= 0.6 is 0 Å². The summed E-state index contributed by atoms with van der Waals surface area (Å²) in [4.78, 5) is 11.4. The van der Waals surface area contributed by atoms with Gasteiger partial charge in [-0.25, -0.2) is 4.98 Å². The molecular weight excluding hydrogens is 348 g/mol. The van der Waals surface area contributed by atoms with Gasteiger partial charge < -0.3 is 18.7 Å². The van der Waals surface area contributed by atoms with Gasteiger partial charge >= 0.3 is 0 Å². The monoisotopic (exact) mass is 374 g/mol. The van der Waals surface area contributed by atoms with Crippen molar-refractivity contribution in [1.82, 2.24) is 20.0 Å². The summed E-state index contributed by atoms with van der Waals surface area (Å²) in [5.41, 5.74) is 0.836. The highest BCUT2D eigenvalue weighted by molar-refractivity contribution is 5.55. The lowest BCUT2D eigenvalue weighted by atomic mass is 10.1. The Hall–Kier alpha value is -2.03. The quantitative estimate of drug-likeness (QED) is 0.684. The van der Waals surface area contributed by atoms with Gasteiger partial charge in [0.25, 0.3) is 0 Å². The van der Waals surface area contributed by atoms with Crippen molar-refractivity contribution in [2.45, 2.75) is 37.8 Å². The van der Waals surface area contributed by atoms with Crippen molar-refractivity contribution in [2.24, 2.45) is 0 Å². The number of ether oxygens (including phenoxy) is 3. The van der Waals surface area contributed by atoms with Crippen LogP contribution in [0.4, 0.5) is 0 Å². The lowest BCUT2D eigenvalue weighted by Crippen LogP contribution is -2.39. The third kappa shape index (κ3) is 4.28. The number of hydrogen-bond acceptors (Lipinski definition) is 8. The minimum absolute atomic E-state index is 0.202. The van der Waals surface area contributed by atoms with Gasteiger partial charge in [0.15, 0.2) is 0 Å². The number of rotatable bonds is 7. The Morgan fingerprint density at radius 3 is 2.96 bits per heavy atom. The van der Waals surface area contributed by atoms with E-state index in [0.717, 1.165) is 51.0 Å². The maximum Gasteiger partial charge on any atom is 0.244 e. The highest BCUT2D eigenvalue weighted by Crippen LogP contribution is 2.36. The number of likely N-dealkylation sites (tertiary alicyclic amines) is 1. The molecule has 146 valence electrons. The van der Waals surface area contributed by atoms with Crippen molar-refractivity contribution >= 4 is 0 Å². The lowest BCUT2D eigenvalue weighted by Gasteiger charge is -2.33. The predicted octanol–water partition coefficient (Wildman–Crippen LogP) is 2.47. The minimum Gasteiger partial charge on any atom is -0.475 e. The smallest absolute Gasteiger partial charge is 0.244 e. The van der Waals surface area contributed by atoms with Crippen molar-refractivity contribution in [2.75, 3.05) is 40.1 Å². The SMILES string of the molecule is COCCOc1cc(-c2noc([C@@H]3CCCN3C3CCOCC3)n2)ccn1. The van der Waals surface area contributed by atoms with E-state index in [1.54, 1.807) is 13.3 Å². The Kier molecular flexibility index (Phi) is 5.96. The molecule has 0 saturated carbocycles. The molecule has 8 nitrogen and oxygen atoms in total. The van der Waals surface area contributed by atoms with E-state index < -0.39 is 0 Å². The van der Waals surface area contributed by atoms with Gasteiger partial charge in [0.1, 0.15) is 6.61 Å². The molecule has 0 aromatic carbocycles. The zero-order chi connectivity index (χ0) is 18.5. The van der Waals surface area contributed by atoms with Crippen molar-refractivity contribution < 1.29 is 18.7 Å². The molecular formula is C19H26N4O4. The summed E-state index contributed by atoms with van der Waals surface area (Å²) in [7, 11) is 1.64. The van der Waals surface area contributed by atoms with Crippen LogP contribution in [0.2, 0.25) is 0 Å². The molecule has 1 atom stereocenters. The summed E-state index contributed by atoms with van der Waals surface area (Å²) in [6.45, 7) is 3.73. The van der Waals surface area contributed by atoms with Crippen LogP contribution in [0.3, 0.4) is 0 Å². The van der Waals surface area contributed by atoms with Crippen LogP contribution in [0.15, 0.2) is 22.9 Å². The molecule has 2 aromatic heterocycles. The fraction of sp³-hybridized carbons (Fsp3) is 0.632. The van der Waals surface area contributed by atoms with Gasteiger partial charge in [0, 0.05) is 44.2 Å². The maximum absolute atomic E-state index is 5.65. The van der Waals surface area contributed by atoms with Crippen molar-refractivity contribution in [1.29, 1.82) is 0 Å². The van der Waals surface area contributed by atoms with Crippen LogP contribution in [-0.2, 0) is 9.47 Å². The molecule has 0 N–H and O–H groups in total. The van der Waals surface area contributed by atoms with E-state index >= 15 is 0 Å². The molecule has 0 bridgehead atoms. The Bertz CT molecular complexity index is 732. The fourth-order valence-electron chi connectivity index (χ4n) is 3.85. The van der Waals surface area contributed by atoms with E-state index in [0.29, 0.717) is 36.9 Å². The molecule has 0 aliphatic carbocycles. The van der Waals surface area contributed by atoms with Crippen LogP contribution in [0, 0.1) is 0 Å². The highest BCUT2D eigenvalue weighted by atomic mass is 16.5. The molecule has 2 aromatic rings. The van der Waals surface area contributed by atoms with Gasteiger partial charge in [-0.1, -0.05) is 5.16 Å². The van der Waals surface area contributed by atoms with E-state index in [1.165, 1.54) is 0 Å². The molecule has 4 rings (SSSR count). The molecule has 2 aliphatic rings. The average Bonchev–Trinajstić information content (AvgIpc) is 3.39. The largest absolute Gasteiger partial charge is 0.475 e. The van der Waals surface area contributed by atoms with Crippen molar-refractivity contribution in [3.8, 4) is 17.3 Å². The first kappa shape index (κ1) is 18.3. The predicted molar refractivity (Wildman–Crippen MR) is 97.4 cm³/mol. The Balaban J connectivity index is 1.47. The zero-order valence-corrected chi connectivity index (χ0v) is 15.7. The van der Waals surface area contributed by atoms with Gasteiger partial charge in [-0.2, -0.15) is 4.98 Å². The van der Waals surface area contributed by atoms with Crippen LogP contribution in [0.25, 0.3) is 11.4 Å². The number of hydrogen-bond donors (Lipinski definition) is 0. The molecule has 0 unspecified atom stereocenters. The molecule has 27 heavy (non-hydrogen) atoms. The molecule has 0 radical (unpaired) electrons. The normalized spacial score (nSPS) is 21.6. The Morgan fingerprint density at radius 2 is 2.11 bits per heavy atom. The first-order valence-electron chi connectivity index (χ1n) is 9.60. The second-order valence-corrected chi connectivity index (χ2v) is 6.92. The van der Waals surface area contributed by atoms with Gasteiger partial charge in [-0.05, 0) is 38.3 Å². The van der Waals surface area contributed by atoms with Gasteiger partial charge in [0.05, 0.1) is 12.6 Å². The van der Waals surface area contributed by atoms with E-state index in [9.17, 15) is 0 Å². The molecule has 2 aliphatic heterocycles. The lowest BCUT2D eigenvalue weighted by molar-refractivity contribution is 0.0243. The zero-order valence-electron chi connectivity index (χ0n) is 15.7. The molecule has 4 heterocycles. The van der Waals surface area contributed by atoms with Gasteiger partial charge in [0.2, 0.25) is 17.6 Å². The first-order chi connectivity index (χ1) is 13.3. The topological polar surface area (TPSA) is 82.7 Å². The van der Waals surface area contributed by atoms with Crippen LogP contribution in [0.5, 0.6) is 5.88 Å². The summed E-state index contributed by atoms with van der Waals surface area (Å²) >= 11 is 0. The molecule has 0 spiro atoms. The fourth-order valence-corrected chi connectivity index (χ4v) is 3.85. The maximum atomic E-state index is 5.65. The van der Waals surface area contributed by atoms with Gasteiger partial charge in [-0.15, -0.1) is 0 Å². The van der Waals surface area contributed by atoms with Crippen LogP contribution < -0.4 is 4.74 Å². The second kappa shape index (κ2) is 8.77. The summed E-state index contributed by atoms with van der Waals surface area (Å²) in [6, 6.07) is 4.44. The Labute approximate surface area is 158 Å². The highest BCUT2D eigenvalue weighted by Gasteiger charge is 2.36. The summed E-state index contributed by atoms with van der Waals surface area (Å²) in [6.07, 6.45) is 6.05. The first-order valence-corrected chi connectivity index (χ1v) is 9.60. The number of nitrogens with zero attached hydrogens (tertiary/aromatic N) is 4. The third-order valence-corrected chi connectivity index (χ3v) is 5.21. The molecule has 2 fully saturated rings. The average molecular weight is 374 g/mol. The summed E-state index contributed by atoms with van der Waals surface area (Å²) in [5.74, 6) is 1.80. The summed E-state index contributed by atoms with van der Waals surface area (Å²) < 4.78 is 21.7. The van der Waals surface area contributed by atoms with Crippen molar-refractivity contribution in [3.05, 3.63) is 24.2 Å². The van der Waals surface area contributed by atoms with Crippen LogP contribution in [-0.4, -0.2) is 66.1 Å². The second-order valence-electron chi connectivity index (χ2n) is 6.92. The van der Waals surface area contributed by atoms with Crippen LogP contribution in [0.1, 0.15) is 37.6 Å². The minimum atomic E-state index is 0.202. The van der Waals surface area contributed by atoms with Crippen molar-refractivity contribution in [3.63, 3.8) is 0 Å². The van der Waals surface area contributed by atoms with E-state index in [-0.39, 0.29) is 6.04 Å². The van der Waals surface area contributed by atoms with E-state index in [2.05, 4.69) is 20.0 Å². The number of aromatic nitrogens is 3. The molecule has 0 amide bonds. The standard InChI is InChI=1S/C19H26N4O4/c1-24-11-12-26-17-13-14(4-7-20-17)18-21-19(27-22-18)16-3-2-8-23(16)15-5-9-25-10-6-15/h4,7,13,15-16H,2-3,5-6,8-12H2,1H3/t16-/m0/s1. The molecule has 2 saturated heterocycles. The summed E-state index contributed by atoms with van der Waals surface area (Å²) in [5, 5.41) is 4.20. The Morgan fingerprint density at radius 1 is 1.22 bits per heavy atom. The van der Waals surface area contributed by atoms with E-state index in [4.69, 9.17) is 18.7 Å².